The lowest BCUT2D eigenvalue weighted by Crippen LogP contribution is -2.33. The van der Waals surface area contributed by atoms with E-state index in [0.717, 1.165) is 5.56 Å². The number of likely N-dealkylation sites (N-methyl/N-ethyl adjacent to an activating group) is 1. The zero-order valence-corrected chi connectivity index (χ0v) is 11.3. The number of halogens is 1. The van der Waals surface area contributed by atoms with Crippen LogP contribution in [0.1, 0.15) is 12.5 Å². The van der Waals surface area contributed by atoms with E-state index in [9.17, 15) is 4.79 Å². The third kappa shape index (κ3) is 3.75. The molecule has 2 aromatic rings. The van der Waals surface area contributed by atoms with Gasteiger partial charge in [-0.15, -0.1) is 5.10 Å². The van der Waals surface area contributed by atoms with Crippen molar-refractivity contribution in [2.45, 2.75) is 20.0 Å². The van der Waals surface area contributed by atoms with E-state index in [0.29, 0.717) is 18.1 Å². The lowest BCUT2D eigenvalue weighted by Gasteiger charge is -2.20. The molecular formula is C12H14ClN5O. The fourth-order valence-electron chi connectivity index (χ4n) is 1.72. The summed E-state index contributed by atoms with van der Waals surface area (Å²) in [4.78, 5) is 13.8. The Hall–Kier alpha value is -1.95. The predicted octanol–water partition coefficient (Wildman–Crippen LogP) is 1.38. The SMILES string of the molecule is CCN(Cc1cccc(Cl)c1)C(=O)Cn1cnnn1. The summed E-state index contributed by atoms with van der Waals surface area (Å²) in [7, 11) is 0. The summed E-state index contributed by atoms with van der Waals surface area (Å²) in [6.07, 6.45) is 1.42. The fourth-order valence-corrected chi connectivity index (χ4v) is 1.94. The van der Waals surface area contributed by atoms with Gasteiger partial charge in [0.05, 0.1) is 0 Å². The zero-order valence-electron chi connectivity index (χ0n) is 10.5. The highest BCUT2D eigenvalue weighted by molar-refractivity contribution is 6.30. The Morgan fingerprint density at radius 3 is 2.95 bits per heavy atom. The minimum atomic E-state index is -0.0326. The highest BCUT2D eigenvalue weighted by atomic mass is 35.5. The molecule has 0 N–H and O–H groups in total. The molecule has 0 radical (unpaired) electrons. The van der Waals surface area contributed by atoms with Crippen molar-refractivity contribution in [3.05, 3.63) is 41.2 Å². The number of tetrazole rings is 1. The molecule has 1 aromatic carbocycles. The molecule has 0 bridgehead atoms. The van der Waals surface area contributed by atoms with E-state index in [1.807, 2.05) is 31.2 Å². The van der Waals surface area contributed by atoms with Crippen LogP contribution >= 0.6 is 11.6 Å². The summed E-state index contributed by atoms with van der Waals surface area (Å²) in [5, 5.41) is 11.3. The normalized spacial score (nSPS) is 10.4. The molecule has 0 atom stereocenters. The van der Waals surface area contributed by atoms with E-state index in [1.165, 1.54) is 11.0 Å². The number of carbonyl (C=O) groups excluding carboxylic acids is 1. The first-order valence-corrected chi connectivity index (χ1v) is 6.30. The molecule has 19 heavy (non-hydrogen) atoms. The Bertz CT molecular complexity index is 543. The van der Waals surface area contributed by atoms with Crippen molar-refractivity contribution in [1.29, 1.82) is 0 Å². The first-order valence-electron chi connectivity index (χ1n) is 5.92. The highest BCUT2D eigenvalue weighted by Crippen LogP contribution is 2.12. The number of nitrogens with zero attached hydrogens (tertiary/aromatic N) is 5. The number of aromatic nitrogens is 4. The number of hydrogen-bond acceptors (Lipinski definition) is 4. The first-order chi connectivity index (χ1) is 9.19. The van der Waals surface area contributed by atoms with Crippen LogP contribution < -0.4 is 0 Å². The number of amides is 1. The van der Waals surface area contributed by atoms with Crippen LogP contribution in [0.15, 0.2) is 30.6 Å². The molecule has 0 saturated heterocycles. The van der Waals surface area contributed by atoms with Crippen LogP contribution in [-0.4, -0.2) is 37.6 Å². The van der Waals surface area contributed by atoms with Crippen molar-refractivity contribution < 1.29 is 4.79 Å². The summed E-state index contributed by atoms with van der Waals surface area (Å²) in [5.41, 5.74) is 0.999. The van der Waals surface area contributed by atoms with Crippen LogP contribution in [0, 0.1) is 0 Å². The van der Waals surface area contributed by atoms with Crippen molar-refractivity contribution in [2.75, 3.05) is 6.54 Å². The van der Waals surface area contributed by atoms with Crippen molar-refractivity contribution in [1.82, 2.24) is 25.1 Å². The molecule has 7 heteroatoms. The summed E-state index contributed by atoms with van der Waals surface area (Å²) < 4.78 is 1.41. The predicted molar refractivity (Wildman–Crippen MR) is 70.4 cm³/mol. The van der Waals surface area contributed by atoms with Crippen LogP contribution in [0.5, 0.6) is 0 Å². The van der Waals surface area contributed by atoms with E-state index in [1.54, 1.807) is 4.90 Å². The van der Waals surface area contributed by atoms with Gasteiger partial charge in [0.25, 0.3) is 0 Å². The van der Waals surface area contributed by atoms with Gasteiger partial charge in [-0.05, 0) is 35.0 Å². The van der Waals surface area contributed by atoms with Gasteiger partial charge in [-0.2, -0.15) is 0 Å². The summed E-state index contributed by atoms with van der Waals surface area (Å²) >= 11 is 5.93. The smallest absolute Gasteiger partial charge is 0.244 e. The summed E-state index contributed by atoms with van der Waals surface area (Å²) in [6, 6.07) is 7.48. The monoisotopic (exact) mass is 279 g/mol. The van der Waals surface area contributed by atoms with Crippen molar-refractivity contribution in [3.8, 4) is 0 Å². The van der Waals surface area contributed by atoms with Gasteiger partial charge in [0.15, 0.2) is 0 Å². The van der Waals surface area contributed by atoms with E-state index in [4.69, 9.17) is 11.6 Å². The minimum absolute atomic E-state index is 0.0326. The molecule has 100 valence electrons. The topological polar surface area (TPSA) is 63.9 Å². The molecule has 2 rings (SSSR count). The van der Waals surface area contributed by atoms with Gasteiger partial charge in [0, 0.05) is 18.1 Å². The van der Waals surface area contributed by atoms with E-state index in [2.05, 4.69) is 15.5 Å². The molecule has 0 unspecified atom stereocenters. The van der Waals surface area contributed by atoms with Gasteiger partial charge >= 0.3 is 0 Å². The maximum Gasteiger partial charge on any atom is 0.244 e. The van der Waals surface area contributed by atoms with Crippen LogP contribution in [0.2, 0.25) is 5.02 Å². The number of hydrogen-bond donors (Lipinski definition) is 0. The second kappa shape index (κ2) is 6.29. The lowest BCUT2D eigenvalue weighted by molar-refractivity contribution is -0.132. The average molecular weight is 280 g/mol. The summed E-state index contributed by atoms with van der Waals surface area (Å²) in [5.74, 6) is -0.0326. The van der Waals surface area contributed by atoms with Gasteiger partial charge in [-0.1, -0.05) is 23.7 Å². The Morgan fingerprint density at radius 2 is 2.32 bits per heavy atom. The number of rotatable bonds is 5. The third-order valence-corrected chi connectivity index (χ3v) is 2.92. The lowest BCUT2D eigenvalue weighted by atomic mass is 10.2. The first kappa shape index (κ1) is 13.5. The van der Waals surface area contributed by atoms with Gasteiger partial charge in [-0.3, -0.25) is 4.79 Å². The standard InChI is InChI=1S/C12H14ClN5O/c1-2-17(7-10-4-3-5-11(13)6-10)12(19)8-18-9-14-15-16-18/h3-6,9H,2,7-8H2,1H3. The Morgan fingerprint density at radius 1 is 1.47 bits per heavy atom. The highest BCUT2D eigenvalue weighted by Gasteiger charge is 2.13. The largest absolute Gasteiger partial charge is 0.337 e. The third-order valence-electron chi connectivity index (χ3n) is 2.69. The maximum absolute atomic E-state index is 12.1. The van der Waals surface area contributed by atoms with E-state index in [-0.39, 0.29) is 12.5 Å². The van der Waals surface area contributed by atoms with Crippen LogP contribution in [0.3, 0.4) is 0 Å². The molecule has 6 nitrogen and oxygen atoms in total. The van der Waals surface area contributed by atoms with Crippen LogP contribution in [0.25, 0.3) is 0 Å². The summed E-state index contributed by atoms with van der Waals surface area (Å²) in [6.45, 7) is 3.22. The van der Waals surface area contributed by atoms with Crippen molar-refractivity contribution >= 4 is 17.5 Å². The molecule has 0 aliphatic heterocycles. The fraction of sp³-hybridized carbons (Fsp3) is 0.333. The second-order valence-corrected chi connectivity index (χ2v) is 4.48. The molecule has 0 aliphatic rings. The molecule has 1 amide bonds. The quantitative estimate of drug-likeness (QED) is 0.829. The van der Waals surface area contributed by atoms with Crippen molar-refractivity contribution in [3.63, 3.8) is 0 Å². The molecule has 0 fully saturated rings. The van der Waals surface area contributed by atoms with Gasteiger partial charge in [-0.25, -0.2) is 4.68 Å². The maximum atomic E-state index is 12.1. The molecule has 0 saturated carbocycles. The number of carbonyl (C=O) groups is 1. The van der Waals surface area contributed by atoms with Gasteiger partial charge < -0.3 is 4.90 Å². The molecule has 1 aromatic heterocycles. The Balaban J connectivity index is 2.01. The number of benzene rings is 1. The van der Waals surface area contributed by atoms with Crippen molar-refractivity contribution in [2.24, 2.45) is 0 Å². The molecule has 1 heterocycles. The van der Waals surface area contributed by atoms with E-state index < -0.39 is 0 Å². The second-order valence-electron chi connectivity index (χ2n) is 4.05. The molecule has 0 aliphatic carbocycles. The van der Waals surface area contributed by atoms with Crippen LogP contribution in [0.4, 0.5) is 0 Å². The average Bonchev–Trinajstić information content (AvgIpc) is 2.88. The zero-order chi connectivity index (χ0) is 13.7. The van der Waals surface area contributed by atoms with Gasteiger partial charge in [0.1, 0.15) is 12.9 Å². The Labute approximate surface area is 116 Å². The van der Waals surface area contributed by atoms with Gasteiger partial charge in [0.2, 0.25) is 5.91 Å². The molecule has 0 spiro atoms. The molecular weight excluding hydrogens is 266 g/mol. The van der Waals surface area contributed by atoms with Crippen LogP contribution in [-0.2, 0) is 17.9 Å². The minimum Gasteiger partial charge on any atom is -0.337 e. The Kier molecular flexibility index (Phi) is 4.46. The van der Waals surface area contributed by atoms with E-state index >= 15 is 0 Å².